The summed E-state index contributed by atoms with van der Waals surface area (Å²) in [5.74, 6) is -0.969. The third kappa shape index (κ3) is 3.03. The minimum absolute atomic E-state index is 0.00640. The molecule has 2 aromatic carbocycles. The van der Waals surface area contributed by atoms with Crippen LogP contribution in [0.25, 0.3) is 11.0 Å². The molecule has 32 heavy (non-hydrogen) atoms. The quantitative estimate of drug-likeness (QED) is 0.429. The molecule has 1 aliphatic heterocycles. The lowest BCUT2D eigenvalue weighted by Crippen LogP contribution is -2.29. The van der Waals surface area contributed by atoms with Gasteiger partial charge in [0.1, 0.15) is 10.5 Å². The van der Waals surface area contributed by atoms with E-state index in [0.717, 1.165) is 16.9 Å². The van der Waals surface area contributed by atoms with Gasteiger partial charge in [0.2, 0.25) is 5.76 Å². The maximum atomic E-state index is 13.5. The topological polar surface area (TPSA) is 89.7 Å². The number of para-hydroxylation sites is 1. The number of rotatable bonds is 4. The second-order valence-electron chi connectivity index (χ2n) is 7.29. The largest absolute Gasteiger partial charge is 0.462 e. The molecule has 0 N–H and O–H groups in total. The Hall–Kier alpha value is -3.78. The van der Waals surface area contributed by atoms with Crippen molar-refractivity contribution in [2.45, 2.75) is 19.9 Å². The number of hydrogen-bond acceptors (Lipinski definition) is 7. The van der Waals surface area contributed by atoms with Gasteiger partial charge < -0.3 is 9.15 Å². The SMILES string of the molecule is CCOC(=O)c1sc(N2C(=O)c3oc4ccccc4c(=O)c3[C@@H]2c2ccccc2)nc1C. The Bertz CT molecular complexity index is 1420. The summed E-state index contributed by atoms with van der Waals surface area (Å²) in [6, 6.07) is 15.4. The van der Waals surface area contributed by atoms with Crippen LogP contribution >= 0.6 is 11.3 Å². The van der Waals surface area contributed by atoms with Crippen LogP contribution in [0.2, 0.25) is 0 Å². The van der Waals surface area contributed by atoms with Crippen LogP contribution in [0, 0.1) is 6.92 Å². The van der Waals surface area contributed by atoms with Crippen LogP contribution in [0.5, 0.6) is 0 Å². The maximum absolute atomic E-state index is 13.5. The molecule has 7 nitrogen and oxygen atoms in total. The van der Waals surface area contributed by atoms with E-state index in [2.05, 4.69) is 4.98 Å². The van der Waals surface area contributed by atoms with Gasteiger partial charge in [-0.2, -0.15) is 0 Å². The van der Waals surface area contributed by atoms with Crippen LogP contribution < -0.4 is 10.3 Å². The number of carbonyl (C=O) groups excluding carboxylic acids is 2. The first-order valence-corrected chi connectivity index (χ1v) is 10.9. The van der Waals surface area contributed by atoms with Gasteiger partial charge in [-0.1, -0.05) is 53.8 Å². The monoisotopic (exact) mass is 446 g/mol. The number of aromatic nitrogens is 1. The highest BCUT2D eigenvalue weighted by atomic mass is 32.1. The lowest BCUT2D eigenvalue weighted by Gasteiger charge is -2.22. The van der Waals surface area contributed by atoms with Gasteiger partial charge in [0.15, 0.2) is 10.6 Å². The first-order chi connectivity index (χ1) is 15.5. The van der Waals surface area contributed by atoms with Crippen LogP contribution in [0.4, 0.5) is 5.13 Å². The summed E-state index contributed by atoms with van der Waals surface area (Å²) in [7, 11) is 0. The minimum atomic E-state index is -0.722. The van der Waals surface area contributed by atoms with Crippen LogP contribution in [0.1, 0.15) is 50.0 Å². The first-order valence-electron chi connectivity index (χ1n) is 10.1. The molecule has 2 aromatic heterocycles. The Morgan fingerprint density at radius 3 is 2.59 bits per heavy atom. The third-order valence-corrected chi connectivity index (χ3v) is 6.48. The van der Waals surface area contributed by atoms with Gasteiger partial charge in [-0.3, -0.25) is 14.5 Å². The van der Waals surface area contributed by atoms with Crippen molar-refractivity contribution in [3.05, 3.63) is 92.3 Å². The zero-order chi connectivity index (χ0) is 22.4. The van der Waals surface area contributed by atoms with Gasteiger partial charge in [-0.15, -0.1) is 0 Å². The smallest absolute Gasteiger partial charge is 0.350 e. The highest BCUT2D eigenvalue weighted by Crippen LogP contribution is 2.43. The van der Waals surface area contributed by atoms with E-state index >= 15 is 0 Å². The summed E-state index contributed by atoms with van der Waals surface area (Å²) in [4.78, 5) is 45.6. The number of carbonyl (C=O) groups is 2. The summed E-state index contributed by atoms with van der Waals surface area (Å²) in [6.07, 6.45) is 0. The molecule has 160 valence electrons. The summed E-state index contributed by atoms with van der Waals surface area (Å²) >= 11 is 1.06. The molecule has 5 rings (SSSR count). The van der Waals surface area contributed by atoms with Crippen molar-refractivity contribution in [3.63, 3.8) is 0 Å². The van der Waals surface area contributed by atoms with Crippen LogP contribution in [0.15, 0.2) is 63.8 Å². The molecule has 4 aromatic rings. The maximum Gasteiger partial charge on any atom is 0.350 e. The summed E-state index contributed by atoms with van der Waals surface area (Å²) < 4.78 is 11.0. The molecule has 1 atom stereocenters. The fourth-order valence-electron chi connectivity index (χ4n) is 3.94. The van der Waals surface area contributed by atoms with E-state index < -0.39 is 17.9 Å². The number of esters is 1. The average molecular weight is 446 g/mol. The van der Waals surface area contributed by atoms with Crippen LogP contribution in [-0.4, -0.2) is 23.5 Å². The second kappa shape index (κ2) is 7.72. The van der Waals surface area contributed by atoms with E-state index in [1.54, 1.807) is 38.1 Å². The molecule has 0 unspecified atom stereocenters. The second-order valence-corrected chi connectivity index (χ2v) is 8.27. The molecule has 8 heteroatoms. The van der Waals surface area contributed by atoms with Crippen molar-refractivity contribution in [2.24, 2.45) is 0 Å². The Balaban J connectivity index is 1.74. The number of aryl methyl sites for hydroxylation is 1. The lowest BCUT2D eigenvalue weighted by molar-refractivity contribution is 0.0531. The fraction of sp³-hybridized carbons (Fsp3) is 0.167. The highest BCUT2D eigenvalue weighted by Gasteiger charge is 2.45. The zero-order valence-corrected chi connectivity index (χ0v) is 18.1. The van der Waals surface area contributed by atoms with E-state index in [-0.39, 0.29) is 23.4 Å². The van der Waals surface area contributed by atoms with Gasteiger partial charge >= 0.3 is 5.97 Å². The summed E-state index contributed by atoms with van der Waals surface area (Å²) in [5, 5.41) is 0.712. The molecule has 0 aliphatic carbocycles. The number of hydrogen-bond donors (Lipinski definition) is 0. The fourth-order valence-corrected chi connectivity index (χ4v) is 4.93. The van der Waals surface area contributed by atoms with E-state index in [1.165, 1.54) is 4.90 Å². The van der Waals surface area contributed by atoms with Crippen LogP contribution in [0.3, 0.4) is 0 Å². The zero-order valence-electron chi connectivity index (χ0n) is 17.3. The Morgan fingerprint density at radius 2 is 1.84 bits per heavy atom. The van der Waals surface area contributed by atoms with Crippen molar-refractivity contribution < 1.29 is 18.7 Å². The predicted molar refractivity (Wildman–Crippen MR) is 120 cm³/mol. The molecular formula is C24H18N2O5S. The molecular weight excluding hydrogens is 428 g/mol. The van der Waals surface area contributed by atoms with Crippen molar-refractivity contribution in [2.75, 3.05) is 11.5 Å². The van der Waals surface area contributed by atoms with E-state index in [1.807, 2.05) is 30.3 Å². The molecule has 0 saturated carbocycles. The Kier molecular flexibility index (Phi) is 4.86. The van der Waals surface area contributed by atoms with Gasteiger partial charge in [0.05, 0.1) is 29.3 Å². The van der Waals surface area contributed by atoms with Crippen molar-refractivity contribution in [1.82, 2.24) is 4.98 Å². The van der Waals surface area contributed by atoms with Crippen molar-refractivity contribution in [3.8, 4) is 0 Å². The molecule has 1 aliphatic rings. The van der Waals surface area contributed by atoms with Gasteiger partial charge in [0.25, 0.3) is 5.91 Å². The average Bonchev–Trinajstić information content (AvgIpc) is 3.32. The lowest BCUT2D eigenvalue weighted by atomic mass is 9.99. The molecule has 0 fully saturated rings. The number of thiazole rings is 1. The molecule has 0 saturated heterocycles. The summed E-state index contributed by atoms with van der Waals surface area (Å²) in [6.45, 7) is 3.65. The van der Waals surface area contributed by atoms with E-state index in [4.69, 9.17) is 9.15 Å². The van der Waals surface area contributed by atoms with Crippen LogP contribution in [-0.2, 0) is 4.74 Å². The van der Waals surface area contributed by atoms with E-state index in [0.29, 0.717) is 26.7 Å². The van der Waals surface area contributed by atoms with E-state index in [9.17, 15) is 14.4 Å². The molecule has 0 bridgehead atoms. The minimum Gasteiger partial charge on any atom is -0.462 e. The van der Waals surface area contributed by atoms with Crippen molar-refractivity contribution >= 4 is 39.3 Å². The standard InChI is InChI=1S/C24H18N2O5S/c1-3-30-23(29)21-13(2)25-24(32-21)26-18(14-9-5-4-6-10-14)17-19(27)15-11-7-8-12-16(15)31-20(17)22(26)28/h4-12,18H,3H2,1-2H3/t18-/m0/s1. The van der Waals surface area contributed by atoms with Gasteiger partial charge in [-0.25, -0.2) is 9.78 Å². The molecule has 1 amide bonds. The highest BCUT2D eigenvalue weighted by molar-refractivity contribution is 7.17. The number of fused-ring (bicyclic) bond motifs is 2. The molecule has 0 spiro atoms. The molecule has 0 radical (unpaired) electrons. The Morgan fingerprint density at radius 1 is 1.12 bits per heavy atom. The number of ether oxygens (including phenoxy) is 1. The summed E-state index contributed by atoms with van der Waals surface area (Å²) in [5.41, 5.74) is 1.56. The number of benzene rings is 2. The molecule has 3 heterocycles. The normalized spacial score (nSPS) is 15.2. The number of amides is 1. The van der Waals surface area contributed by atoms with Crippen molar-refractivity contribution in [1.29, 1.82) is 0 Å². The van der Waals surface area contributed by atoms with Gasteiger partial charge in [0, 0.05) is 0 Å². The predicted octanol–water partition coefficient (Wildman–Crippen LogP) is 4.48. The number of nitrogens with zero attached hydrogens (tertiary/aromatic N) is 2. The number of anilines is 1. The third-order valence-electron chi connectivity index (χ3n) is 5.35. The first kappa shape index (κ1) is 20.1. The Labute approximate surface area is 186 Å². The van der Waals surface area contributed by atoms with Gasteiger partial charge in [-0.05, 0) is 31.5 Å².